The predicted octanol–water partition coefficient (Wildman–Crippen LogP) is 3.21. The highest BCUT2D eigenvalue weighted by atomic mass is 16.5. The van der Waals surface area contributed by atoms with E-state index in [1.807, 2.05) is 6.92 Å². The van der Waals surface area contributed by atoms with Crippen molar-refractivity contribution in [2.24, 2.45) is 0 Å². The third-order valence-corrected chi connectivity index (χ3v) is 3.77. The zero-order valence-corrected chi connectivity index (χ0v) is 12.8. The molecule has 0 atom stereocenters. The van der Waals surface area contributed by atoms with E-state index in [1.54, 1.807) is 7.11 Å². The van der Waals surface area contributed by atoms with Gasteiger partial charge < -0.3 is 10.5 Å². The SMILES string of the molecule is CCC(CC)N(CCOC)Cc1ccc(C)c(N)c1. The minimum Gasteiger partial charge on any atom is -0.399 e. The van der Waals surface area contributed by atoms with Crippen molar-refractivity contribution in [3.63, 3.8) is 0 Å². The number of anilines is 1. The van der Waals surface area contributed by atoms with E-state index in [9.17, 15) is 0 Å². The number of ether oxygens (including phenoxy) is 1. The second kappa shape index (κ2) is 8.18. The lowest BCUT2D eigenvalue weighted by atomic mass is 10.1. The van der Waals surface area contributed by atoms with Crippen LogP contribution in [0.2, 0.25) is 0 Å². The number of methoxy groups -OCH3 is 1. The minimum atomic E-state index is 0.609. The summed E-state index contributed by atoms with van der Waals surface area (Å²) in [7, 11) is 1.76. The Kier molecular flexibility index (Phi) is 6.89. The van der Waals surface area contributed by atoms with Crippen molar-refractivity contribution < 1.29 is 4.74 Å². The summed E-state index contributed by atoms with van der Waals surface area (Å²) in [5.74, 6) is 0. The van der Waals surface area contributed by atoms with Crippen LogP contribution >= 0.6 is 0 Å². The van der Waals surface area contributed by atoms with Gasteiger partial charge in [0, 0.05) is 31.9 Å². The van der Waals surface area contributed by atoms with Gasteiger partial charge >= 0.3 is 0 Å². The minimum absolute atomic E-state index is 0.609. The van der Waals surface area contributed by atoms with Crippen molar-refractivity contribution in [3.05, 3.63) is 29.3 Å². The Balaban J connectivity index is 2.77. The second-order valence-electron chi connectivity index (χ2n) is 5.12. The van der Waals surface area contributed by atoms with Crippen LogP contribution in [0.25, 0.3) is 0 Å². The molecule has 1 aromatic rings. The van der Waals surface area contributed by atoms with Crippen molar-refractivity contribution in [3.8, 4) is 0 Å². The van der Waals surface area contributed by atoms with Crippen LogP contribution in [0.4, 0.5) is 5.69 Å². The van der Waals surface area contributed by atoms with E-state index in [4.69, 9.17) is 10.5 Å². The van der Waals surface area contributed by atoms with Crippen molar-refractivity contribution in [2.45, 2.75) is 46.2 Å². The normalized spacial score (nSPS) is 11.5. The Morgan fingerprint density at radius 1 is 1.26 bits per heavy atom. The van der Waals surface area contributed by atoms with Crippen LogP contribution in [0, 0.1) is 6.92 Å². The summed E-state index contributed by atoms with van der Waals surface area (Å²) in [5.41, 5.74) is 9.31. The number of nitrogens with zero attached hydrogens (tertiary/aromatic N) is 1. The number of benzene rings is 1. The molecule has 0 unspecified atom stereocenters. The molecule has 0 bridgehead atoms. The molecule has 3 heteroatoms. The number of nitrogens with two attached hydrogens (primary N) is 1. The summed E-state index contributed by atoms with van der Waals surface area (Å²) in [6.07, 6.45) is 2.34. The van der Waals surface area contributed by atoms with E-state index in [2.05, 4.69) is 36.9 Å². The van der Waals surface area contributed by atoms with E-state index in [1.165, 1.54) is 18.4 Å². The number of aryl methyl sites for hydroxylation is 1. The monoisotopic (exact) mass is 264 g/mol. The van der Waals surface area contributed by atoms with Crippen LogP contribution in [0.5, 0.6) is 0 Å². The van der Waals surface area contributed by atoms with Gasteiger partial charge in [0.1, 0.15) is 0 Å². The van der Waals surface area contributed by atoms with E-state index < -0.39 is 0 Å². The molecule has 1 rings (SSSR count). The highest BCUT2D eigenvalue weighted by Crippen LogP contribution is 2.17. The molecule has 0 radical (unpaired) electrons. The average Bonchev–Trinajstić information content (AvgIpc) is 2.41. The fourth-order valence-electron chi connectivity index (χ4n) is 2.43. The van der Waals surface area contributed by atoms with Gasteiger partial charge in [0.2, 0.25) is 0 Å². The molecule has 0 saturated heterocycles. The Morgan fingerprint density at radius 3 is 2.47 bits per heavy atom. The molecule has 0 saturated carbocycles. The van der Waals surface area contributed by atoms with Crippen LogP contribution in [-0.4, -0.2) is 31.2 Å². The highest BCUT2D eigenvalue weighted by molar-refractivity contribution is 5.48. The summed E-state index contributed by atoms with van der Waals surface area (Å²) in [5, 5.41) is 0. The molecule has 1 aromatic carbocycles. The quantitative estimate of drug-likeness (QED) is 0.733. The standard InChI is InChI=1S/C16H28N2O/c1-5-15(6-2)18(9-10-19-4)12-14-8-7-13(3)16(17)11-14/h7-8,11,15H,5-6,9-10,12,17H2,1-4H3. The third-order valence-electron chi connectivity index (χ3n) is 3.77. The molecule has 0 heterocycles. The fraction of sp³-hybridized carbons (Fsp3) is 0.625. The topological polar surface area (TPSA) is 38.5 Å². The third kappa shape index (κ3) is 4.84. The Morgan fingerprint density at radius 2 is 1.95 bits per heavy atom. The van der Waals surface area contributed by atoms with Crippen LogP contribution in [0.3, 0.4) is 0 Å². The van der Waals surface area contributed by atoms with Gasteiger partial charge in [-0.2, -0.15) is 0 Å². The summed E-state index contributed by atoms with van der Waals surface area (Å²) >= 11 is 0. The molecule has 0 fully saturated rings. The molecule has 0 aliphatic heterocycles. The first-order chi connectivity index (χ1) is 9.12. The zero-order valence-electron chi connectivity index (χ0n) is 12.8. The van der Waals surface area contributed by atoms with Gasteiger partial charge in [0.15, 0.2) is 0 Å². The van der Waals surface area contributed by atoms with Crippen LogP contribution in [0.15, 0.2) is 18.2 Å². The number of hydrogen-bond acceptors (Lipinski definition) is 3. The van der Waals surface area contributed by atoms with Crippen LogP contribution in [0.1, 0.15) is 37.8 Å². The highest BCUT2D eigenvalue weighted by Gasteiger charge is 2.15. The smallest absolute Gasteiger partial charge is 0.0589 e. The predicted molar refractivity (Wildman–Crippen MR) is 82.2 cm³/mol. The molecule has 108 valence electrons. The molecular weight excluding hydrogens is 236 g/mol. The molecule has 0 amide bonds. The molecular formula is C16H28N2O. The van der Waals surface area contributed by atoms with Gasteiger partial charge in [-0.3, -0.25) is 4.90 Å². The lowest BCUT2D eigenvalue weighted by Gasteiger charge is -2.30. The number of hydrogen-bond donors (Lipinski definition) is 1. The average molecular weight is 264 g/mol. The molecule has 0 aliphatic rings. The summed E-state index contributed by atoms with van der Waals surface area (Å²) in [6, 6.07) is 6.98. The first-order valence-electron chi connectivity index (χ1n) is 7.20. The molecule has 0 aromatic heterocycles. The Hall–Kier alpha value is -1.06. The zero-order chi connectivity index (χ0) is 14.3. The van der Waals surface area contributed by atoms with E-state index in [0.717, 1.165) is 30.9 Å². The van der Waals surface area contributed by atoms with Crippen LogP contribution < -0.4 is 5.73 Å². The first-order valence-corrected chi connectivity index (χ1v) is 7.20. The second-order valence-corrected chi connectivity index (χ2v) is 5.12. The number of rotatable bonds is 8. The van der Waals surface area contributed by atoms with Crippen molar-refractivity contribution in [2.75, 3.05) is 26.0 Å². The van der Waals surface area contributed by atoms with Crippen molar-refractivity contribution in [1.82, 2.24) is 4.90 Å². The van der Waals surface area contributed by atoms with Gasteiger partial charge in [-0.05, 0) is 37.0 Å². The maximum atomic E-state index is 5.99. The van der Waals surface area contributed by atoms with Gasteiger partial charge in [0.25, 0.3) is 0 Å². The van der Waals surface area contributed by atoms with Crippen molar-refractivity contribution in [1.29, 1.82) is 0 Å². The maximum absolute atomic E-state index is 5.99. The van der Waals surface area contributed by atoms with Gasteiger partial charge in [-0.15, -0.1) is 0 Å². The Labute approximate surface area is 117 Å². The molecule has 19 heavy (non-hydrogen) atoms. The van der Waals surface area contributed by atoms with Crippen LogP contribution in [-0.2, 0) is 11.3 Å². The van der Waals surface area contributed by atoms with E-state index in [-0.39, 0.29) is 0 Å². The number of nitrogen functional groups attached to an aromatic ring is 1. The summed E-state index contributed by atoms with van der Waals surface area (Å²) in [4.78, 5) is 2.49. The van der Waals surface area contributed by atoms with E-state index >= 15 is 0 Å². The maximum Gasteiger partial charge on any atom is 0.0589 e. The summed E-state index contributed by atoms with van der Waals surface area (Å²) in [6.45, 7) is 9.23. The Bertz CT molecular complexity index is 375. The molecule has 2 N–H and O–H groups in total. The van der Waals surface area contributed by atoms with Gasteiger partial charge in [-0.25, -0.2) is 0 Å². The fourth-order valence-corrected chi connectivity index (χ4v) is 2.43. The first kappa shape index (κ1) is 16.0. The van der Waals surface area contributed by atoms with Crippen molar-refractivity contribution >= 4 is 5.69 Å². The molecule has 0 spiro atoms. The molecule has 3 nitrogen and oxygen atoms in total. The largest absolute Gasteiger partial charge is 0.399 e. The lowest BCUT2D eigenvalue weighted by molar-refractivity contribution is 0.110. The summed E-state index contributed by atoms with van der Waals surface area (Å²) < 4.78 is 5.23. The van der Waals surface area contributed by atoms with Gasteiger partial charge in [-0.1, -0.05) is 26.0 Å². The van der Waals surface area contributed by atoms with E-state index in [0.29, 0.717) is 6.04 Å². The van der Waals surface area contributed by atoms with Gasteiger partial charge in [0.05, 0.1) is 6.61 Å². The molecule has 0 aliphatic carbocycles. The lowest BCUT2D eigenvalue weighted by Crippen LogP contribution is -2.36.